The number of carbonyl (C=O) groups is 1. The van der Waals surface area contributed by atoms with Crippen molar-refractivity contribution in [2.75, 3.05) is 18.0 Å². The molecular weight excluding hydrogens is 308 g/mol. The molecule has 0 bridgehead atoms. The van der Waals surface area contributed by atoms with Gasteiger partial charge in [0.05, 0.1) is 6.10 Å². The summed E-state index contributed by atoms with van der Waals surface area (Å²) in [5.41, 5.74) is 1.12. The third-order valence-electron chi connectivity index (χ3n) is 3.58. The van der Waals surface area contributed by atoms with Crippen molar-refractivity contribution in [3.63, 3.8) is 0 Å². The van der Waals surface area contributed by atoms with Crippen molar-refractivity contribution in [1.82, 2.24) is 5.32 Å². The summed E-state index contributed by atoms with van der Waals surface area (Å²) in [6.07, 6.45) is -0.566. The molecule has 2 N–H and O–H groups in total. The molecule has 1 aromatic carbocycles. The van der Waals surface area contributed by atoms with Gasteiger partial charge in [-0.25, -0.2) is 0 Å². The topological polar surface area (TPSA) is 52.6 Å². The van der Waals surface area contributed by atoms with Crippen molar-refractivity contribution in [2.24, 2.45) is 0 Å². The number of hydrogen-bond acceptors (Lipinski definition) is 3. The third kappa shape index (κ3) is 2.62. The van der Waals surface area contributed by atoms with Gasteiger partial charge in [0.1, 0.15) is 5.54 Å². The molecule has 2 rings (SSSR count). The zero-order valence-corrected chi connectivity index (χ0v) is 13.0. The SMILES string of the molecule is CC(O)c1ccc(Br)cc1N1CCNC(=O)C1(C)C. The number of anilines is 1. The number of amides is 1. The second kappa shape index (κ2) is 5.13. The first-order valence-corrected chi connectivity index (χ1v) is 7.17. The molecule has 1 aliphatic rings. The van der Waals surface area contributed by atoms with E-state index in [9.17, 15) is 9.90 Å². The molecule has 0 aromatic heterocycles. The highest BCUT2D eigenvalue weighted by molar-refractivity contribution is 9.10. The number of carbonyl (C=O) groups excluding carboxylic acids is 1. The van der Waals surface area contributed by atoms with Crippen LogP contribution in [-0.2, 0) is 4.79 Å². The van der Waals surface area contributed by atoms with Gasteiger partial charge in [0.2, 0.25) is 5.91 Å². The van der Waals surface area contributed by atoms with Gasteiger partial charge in [-0.1, -0.05) is 22.0 Å². The van der Waals surface area contributed by atoms with Gasteiger partial charge in [-0.15, -0.1) is 0 Å². The summed E-state index contributed by atoms with van der Waals surface area (Å²) in [6, 6.07) is 5.76. The van der Waals surface area contributed by atoms with Crippen molar-refractivity contribution in [3.05, 3.63) is 28.2 Å². The van der Waals surface area contributed by atoms with E-state index >= 15 is 0 Å². The molecule has 4 nitrogen and oxygen atoms in total. The van der Waals surface area contributed by atoms with Crippen LogP contribution >= 0.6 is 15.9 Å². The van der Waals surface area contributed by atoms with E-state index in [1.165, 1.54) is 0 Å². The largest absolute Gasteiger partial charge is 0.389 e. The highest BCUT2D eigenvalue weighted by Crippen LogP contribution is 2.34. The Balaban J connectivity index is 2.50. The molecule has 1 aromatic rings. The molecule has 1 saturated heterocycles. The van der Waals surface area contributed by atoms with Gasteiger partial charge in [-0.2, -0.15) is 0 Å². The first-order valence-electron chi connectivity index (χ1n) is 6.37. The van der Waals surface area contributed by atoms with E-state index in [0.717, 1.165) is 22.3 Å². The van der Waals surface area contributed by atoms with Gasteiger partial charge >= 0.3 is 0 Å². The predicted molar refractivity (Wildman–Crippen MR) is 79.2 cm³/mol. The van der Waals surface area contributed by atoms with Gasteiger partial charge in [0, 0.05) is 28.8 Å². The number of nitrogens with zero attached hydrogens (tertiary/aromatic N) is 1. The van der Waals surface area contributed by atoms with Crippen molar-refractivity contribution in [2.45, 2.75) is 32.4 Å². The van der Waals surface area contributed by atoms with Crippen LogP contribution in [0.25, 0.3) is 0 Å². The van der Waals surface area contributed by atoms with Crippen molar-refractivity contribution in [1.29, 1.82) is 0 Å². The van der Waals surface area contributed by atoms with E-state index in [1.54, 1.807) is 6.92 Å². The number of benzene rings is 1. The lowest BCUT2D eigenvalue weighted by molar-refractivity contribution is -0.126. The van der Waals surface area contributed by atoms with E-state index in [1.807, 2.05) is 32.0 Å². The Morgan fingerprint density at radius 1 is 1.47 bits per heavy atom. The normalized spacial score (nSPS) is 20.1. The quantitative estimate of drug-likeness (QED) is 0.876. The van der Waals surface area contributed by atoms with Crippen molar-refractivity contribution in [3.8, 4) is 0 Å². The second-order valence-corrected chi connectivity index (χ2v) is 6.26. The maximum Gasteiger partial charge on any atom is 0.245 e. The van der Waals surface area contributed by atoms with Crippen molar-refractivity contribution < 1.29 is 9.90 Å². The van der Waals surface area contributed by atoms with E-state index in [2.05, 4.69) is 26.1 Å². The fraction of sp³-hybridized carbons (Fsp3) is 0.500. The standard InChI is InChI=1S/C14H19BrN2O2/c1-9(18)11-5-4-10(15)8-12(11)17-7-6-16-13(19)14(17,2)3/h4-5,8-9,18H,6-7H2,1-3H3,(H,16,19). The monoisotopic (exact) mass is 326 g/mol. The van der Waals surface area contributed by atoms with E-state index < -0.39 is 11.6 Å². The maximum atomic E-state index is 12.0. The van der Waals surface area contributed by atoms with Gasteiger partial charge in [-0.3, -0.25) is 4.79 Å². The Kier molecular flexibility index (Phi) is 3.87. The highest BCUT2D eigenvalue weighted by atomic mass is 79.9. The molecule has 5 heteroatoms. The molecule has 1 heterocycles. The molecule has 0 spiro atoms. The first kappa shape index (κ1) is 14.3. The molecule has 104 valence electrons. The number of rotatable bonds is 2. The first-order chi connectivity index (χ1) is 8.84. The number of hydrogen-bond donors (Lipinski definition) is 2. The summed E-state index contributed by atoms with van der Waals surface area (Å²) in [5, 5.41) is 12.8. The Morgan fingerprint density at radius 3 is 2.79 bits per heavy atom. The summed E-state index contributed by atoms with van der Waals surface area (Å²) in [4.78, 5) is 14.1. The lowest BCUT2D eigenvalue weighted by atomic mass is 9.95. The molecule has 1 atom stereocenters. The molecule has 0 saturated carbocycles. The maximum absolute atomic E-state index is 12.0. The number of nitrogens with one attached hydrogen (secondary N) is 1. The molecule has 1 unspecified atom stereocenters. The Bertz CT molecular complexity index is 500. The molecule has 1 fully saturated rings. The lowest BCUT2D eigenvalue weighted by Crippen LogP contribution is -2.62. The van der Waals surface area contributed by atoms with Crippen LogP contribution in [0.4, 0.5) is 5.69 Å². The van der Waals surface area contributed by atoms with Crippen LogP contribution in [0.2, 0.25) is 0 Å². The Hall–Kier alpha value is -1.07. The molecule has 19 heavy (non-hydrogen) atoms. The fourth-order valence-corrected chi connectivity index (χ4v) is 2.77. The zero-order chi connectivity index (χ0) is 14.2. The predicted octanol–water partition coefficient (Wildman–Crippen LogP) is 2.22. The molecule has 0 radical (unpaired) electrons. The fourth-order valence-electron chi connectivity index (χ4n) is 2.43. The summed E-state index contributed by atoms with van der Waals surface area (Å²) >= 11 is 3.46. The molecule has 0 aliphatic carbocycles. The van der Waals surface area contributed by atoms with Gasteiger partial charge in [0.25, 0.3) is 0 Å². The van der Waals surface area contributed by atoms with Crippen LogP contribution in [0.1, 0.15) is 32.4 Å². The average molecular weight is 327 g/mol. The minimum atomic E-state index is -0.622. The zero-order valence-electron chi connectivity index (χ0n) is 11.4. The number of halogens is 1. The van der Waals surface area contributed by atoms with Crippen molar-refractivity contribution >= 4 is 27.5 Å². The van der Waals surface area contributed by atoms with Gasteiger partial charge in [0.15, 0.2) is 0 Å². The van der Waals surface area contributed by atoms with E-state index in [4.69, 9.17) is 0 Å². The van der Waals surface area contributed by atoms with Crippen LogP contribution < -0.4 is 10.2 Å². The van der Waals surface area contributed by atoms with Crippen LogP contribution in [0.5, 0.6) is 0 Å². The number of aliphatic hydroxyl groups is 1. The Labute approximate surface area is 121 Å². The number of aliphatic hydroxyl groups excluding tert-OH is 1. The number of piperazine rings is 1. The van der Waals surface area contributed by atoms with Gasteiger partial charge in [-0.05, 0) is 32.9 Å². The summed E-state index contributed by atoms with van der Waals surface area (Å²) < 4.78 is 0.939. The van der Waals surface area contributed by atoms with Crippen LogP contribution in [0, 0.1) is 0 Å². The average Bonchev–Trinajstić information content (AvgIpc) is 2.32. The molecular formula is C14H19BrN2O2. The van der Waals surface area contributed by atoms with Crippen LogP contribution in [0.3, 0.4) is 0 Å². The minimum Gasteiger partial charge on any atom is -0.389 e. The van der Waals surface area contributed by atoms with E-state index in [-0.39, 0.29) is 5.91 Å². The van der Waals surface area contributed by atoms with Crippen LogP contribution in [-0.4, -0.2) is 29.6 Å². The highest BCUT2D eigenvalue weighted by Gasteiger charge is 2.38. The second-order valence-electron chi connectivity index (χ2n) is 5.35. The summed E-state index contributed by atoms with van der Waals surface area (Å²) in [5.74, 6) is 0.00951. The summed E-state index contributed by atoms with van der Waals surface area (Å²) in [7, 11) is 0. The third-order valence-corrected chi connectivity index (χ3v) is 4.08. The Morgan fingerprint density at radius 2 is 2.16 bits per heavy atom. The van der Waals surface area contributed by atoms with E-state index in [0.29, 0.717) is 6.54 Å². The molecule has 1 aliphatic heterocycles. The minimum absolute atomic E-state index is 0.00951. The lowest BCUT2D eigenvalue weighted by Gasteiger charge is -2.44. The smallest absolute Gasteiger partial charge is 0.245 e. The van der Waals surface area contributed by atoms with Crippen LogP contribution in [0.15, 0.2) is 22.7 Å². The summed E-state index contributed by atoms with van der Waals surface area (Å²) in [6.45, 7) is 6.88. The molecule has 1 amide bonds. The van der Waals surface area contributed by atoms with Gasteiger partial charge < -0.3 is 15.3 Å².